The molecule has 0 saturated heterocycles. The van der Waals surface area contributed by atoms with Gasteiger partial charge in [-0.2, -0.15) is 0 Å². The highest BCUT2D eigenvalue weighted by molar-refractivity contribution is 9.10. The van der Waals surface area contributed by atoms with Crippen molar-refractivity contribution in [3.63, 3.8) is 0 Å². The Morgan fingerprint density at radius 1 is 0.919 bits per heavy atom. The predicted octanol–water partition coefficient (Wildman–Crippen LogP) is 7.39. The van der Waals surface area contributed by atoms with Crippen molar-refractivity contribution in [1.29, 1.82) is 0 Å². The largest absolute Gasteiger partial charge is 0.352 e. The first-order valence-corrected chi connectivity index (χ1v) is 14.3. The van der Waals surface area contributed by atoms with Gasteiger partial charge in [-0.15, -0.1) is 0 Å². The summed E-state index contributed by atoms with van der Waals surface area (Å²) in [5.41, 5.74) is 2.62. The Labute approximate surface area is 237 Å². The lowest BCUT2D eigenvalue weighted by Crippen LogP contribution is -2.53. The molecule has 0 aliphatic heterocycles. The second kappa shape index (κ2) is 13.5. The first-order chi connectivity index (χ1) is 17.9. The molecule has 0 heterocycles. The van der Waals surface area contributed by atoms with Crippen LogP contribution in [0.1, 0.15) is 48.8 Å². The molecular formula is C30H31BrCl2N2O2. The monoisotopic (exact) mass is 600 g/mol. The maximum atomic E-state index is 13.9. The highest BCUT2D eigenvalue weighted by atomic mass is 79.9. The zero-order chi connectivity index (χ0) is 26.2. The average Bonchev–Trinajstić information content (AvgIpc) is 2.89. The number of carbonyl (C=O) groups excluding carboxylic acids is 2. The highest BCUT2D eigenvalue weighted by Gasteiger charge is 2.32. The zero-order valence-electron chi connectivity index (χ0n) is 20.6. The van der Waals surface area contributed by atoms with Crippen molar-refractivity contribution in [3.8, 4) is 0 Å². The van der Waals surface area contributed by atoms with E-state index in [4.69, 9.17) is 23.2 Å². The van der Waals surface area contributed by atoms with Crippen LogP contribution in [0.25, 0.3) is 0 Å². The van der Waals surface area contributed by atoms with Crippen LogP contribution in [0.15, 0.2) is 77.3 Å². The van der Waals surface area contributed by atoms with Crippen LogP contribution in [0, 0.1) is 0 Å². The summed E-state index contributed by atoms with van der Waals surface area (Å²) in [6, 6.07) is 22.3. The molecule has 37 heavy (non-hydrogen) atoms. The lowest BCUT2D eigenvalue weighted by Gasteiger charge is -2.33. The molecule has 1 atom stereocenters. The standard InChI is InChI=1S/C30H31BrCl2N2O2/c31-24-11-7-10-22(16-24)20-35(29(36)18-23-14-15-25(32)19-27(23)33)28(17-21-8-3-1-4-9-21)30(37)34-26-12-5-2-6-13-26/h1,3-4,7-11,14-16,19,26,28H,2,5-6,12-13,17-18,20H2,(H,34,37)/t28-/m0/s1. The number of nitrogens with one attached hydrogen (secondary N) is 1. The average molecular weight is 602 g/mol. The summed E-state index contributed by atoms with van der Waals surface area (Å²) in [5.74, 6) is -0.273. The van der Waals surface area contributed by atoms with Crippen LogP contribution in [-0.2, 0) is 29.0 Å². The Morgan fingerprint density at radius 3 is 2.35 bits per heavy atom. The van der Waals surface area contributed by atoms with E-state index in [-0.39, 0.29) is 24.3 Å². The molecule has 2 amide bonds. The Balaban J connectivity index is 1.67. The minimum absolute atomic E-state index is 0.0754. The Kier molecular flexibility index (Phi) is 10.1. The van der Waals surface area contributed by atoms with Gasteiger partial charge in [-0.25, -0.2) is 0 Å². The van der Waals surface area contributed by atoms with Gasteiger partial charge in [0.2, 0.25) is 11.8 Å². The zero-order valence-corrected chi connectivity index (χ0v) is 23.7. The molecule has 0 bridgehead atoms. The smallest absolute Gasteiger partial charge is 0.243 e. The molecule has 4 nitrogen and oxygen atoms in total. The molecular weight excluding hydrogens is 571 g/mol. The summed E-state index contributed by atoms with van der Waals surface area (Å²) in [6.07, 6.45) is 5.89. The number of amides is 2. The van der Waals surface area contributed by atoms with Gasteiger partial charge in [-0.05, 0) is 53.8 Å². The first kappa shape index (κ1) is 27.7. The summed E-state index contributed by atoms with van der Waals surface area (Å²) in [4.78, 5) is 29.4. The van der Waals surface area contributed by atoms with Crippen molar-refractivity contribution in [2.45, 2.75) is 63.6 Å². The molecule has 1 fully saturated rings. The van der Waals surface area contributed by atoms with Crippen molar-refractivity contribution >= 4 is 50.9 Å². The lowest BCUT2D eigenvalue weighted by molar-refractivity contribution is -0.141. The fourth-order valence-corrected chi connectivity index (χ4v) is 5.78. The number of rotatable bonds is 9. The first-order valence-electron chi connectivity index (χ1n) is 12.7. The van der Waals surface area contributed by atoms with Crippen LogP contribution in [-0.4, -0.2) is 28.8 Å². The van der Waals surface area contributed by atoms with Gasteiger partial charge in [-0.3, -0.25) is 9.59 Å². The quantitative estimate of drug-likeness (QED) is 0.278. The summed E-state index contributed by atoms with van der Waals surface area (Å²) < 4.78 is 0.921. The Morgan fingerprint density at radius 2 is 1.65 bits per heavy atom. The maximum absolute atomic E-state index is 13.9. The van der Waals surface area contributed by atoms with E-state index in [1.165, 1.54) is 6.42 Å². The molecule has 1 aliphatic rings. The van der Waals surface area contributed by atoms with Gasteiger partial charge in [0.05, 0.1) is 6.42 Å². The number of halogens is 3. The van der Waals surface area contributed by atoms with Gasteiger partial charge in [0.1, 0.15) is 6.04 Å². The molecule has 7 heteroatoms. The van der Waals surface area contributed by atoms with E-state index in [9.17, 15) is 9.59 Å². The van der Waals surface area contributed by atoms with Crippen LogP contribution < -0.4 is 5.32 Å². The molecule has 4 rings (SSSR count). The molecule has 194 valence electrons. The third-order valence-electron chi connectivity index (χ3n) is 6.82. The molecule has 1 saturated carbocycles. The lowest BCUT2D eigenvalue weighted by atomic mass is 9.94. The summed E-state index contributed by atoms with van der Waals surface area (Å²) >= 11 is 16.0. The molecule has 1 N–H and O–H groups in total. The fourth-order valence-electron chi connectivity index (χ4n) is 4.86. The van der Waals surface area contributed by atoms with E-state index in [1.54, 1.807) is 23.1 Å². The Hall–Kier alpha value is -2.34. The van der Waals surface area contributed by atoms with Crippen LogP contribution in [0.3, 0.4) is 0 Å². The third kappa shape index (κ3) is 8.07. The number of carbonyl (C=O) groups is 2. The number of hydrogen-bond donors (Lipinski definition) is 1. The van der Waals surface area contributed by atoms with Crippen molar-refractivity contribution in [2.24, 2.45) is 0 Å². The number of hydrogen-bond acceptors (Lipinski definition) is 2. The summed E-state index contributed by atoms with van der Waals surface area (Å²) in [6.45, 7) is 0.305. The minimum atomic E-state index is -0.665. The second-order valence-corrected chi connectivity index (χ2v) is 11.4. The van der Waals surface area contributed by atoms with Crippen LogP contribution in [0.4, 0.5) is 0 Å². The van der Waals surface area contributed by atoms with Gasteiger partial charge in [-0.1, -0.05) is 107 Å². The fraction of sp³-hybridized carbons (Fsp3) is 0.333. The van der Waals surface area contributed by atoms with Gasteiger partial charge in [0, 0.05) is 33.5 Å². The normalized spacial score (nSPS) is 14.7. The molecule has 0 unspecified atom stereocenters. The molecule has 1 aliphatic carbocycles. The van der Waals surface area contributed by atoms with Crippen LogP contribution >= 0.6 is 39.1 Å². The van der Waals surface area contributed by atoms with Crippen LogP contribution in [0.2, 0.25) is 10.0 Å². The van der Waals surface area contributed by atoms with Crippen molar-refractivity contribution < 1.29 is 9.59 Å². The van der Waals surface area contributed by atoms with Crippen LogP contribution in [0.5, 0.6) is 0 Å². The van der Waals surface area contributed by atoms with E-state index in [0.29, 0.717) is 28.6 Å². The van der Waals surface area contributed by atoms with E-state index < -0.39 is 6.04 Å². The molecule has 0 spiro atoms. The van der Waals surface area contributed by atoms with Gasteiger partial charge in [0.25, 0.3) is 0 Å². The van der Waals surface area contributed by atoms with Crippen molar-refractivity contribution in [2.75, 3.05) is 0 Å². The SMILES string of the molecule is O=C(NC1CCCCC1)[C@H](Cc1ccccc1)N(Cc1cccc(Br)c1)C(=O)Cc1ccc(Cl)cc1Cl. The third-order valence-corrected chi connectivity index (χ3v) is 7.90. The maximum Gasteiger partial charge on any atom is 0.243 e. The van der Waals surface area contributed by atoms with E-state index in [2.05, 4.69) is 21.2 Å². The molecule has 0 radical (unpaired) electrons. The summed E-state index contributed by atoms with van der Waals surface area (Å²) in [7, 11) is 0. The number of nitrogens with zero attached hydrogens (tertiary/aromatic N) is 1. The molecule has 3 aromatic rings. The van der Waals surface area contributed by atoms with Crippen molar-refractivity contribution in [3.05, 3.63) is 104 Å². The predicted molar refractivity (Wildman–Crippen MR) is 154 cm³/mol. The van der Waals surface area contributed by atoms with E-state index in [1.807, 2.05) is 54.6 Å². The summed E-state index contributed by atoms with van der Waals surface area (Å²) in [5, 5.41) is 4.22. The highest BCUT2D eigenvalue weighted by Crippen LogP contribution is 2.24. The van der Waals surface area contributed by atoms with Gasteiger partial charge in [0.15, 0.2) is 0 Å². The second-order valence-electron chi connectivity index (χ2n) is 9.61. The van der Waals surface area contributed by atoms with Gasteiger partial charge >= 0.3 is 0 Å². The van der Waals surface area contributed by atoms with Crippen molar-refractivity contribution in [1.82, 2.24) is 10.2 Å². The minimum Gasteiger partial charge on any atom is -0.352 e. The van der Waals surface area contributed by atoms with E-state index in [0.717, 1.165) is 41.3 Å². The number of benzene rings is 3. The van der Waals surface area contributed by atoms with E-state index >= 15 is 0 Å². The Bertz CT molecular complexity index is 1220. The molecule has 3 aromatic carbocycles. The topological polar surface area (TPSA) is 49.4 Å². The molecule has 0 aromatic heterocycles. The van der Waals surface area contributed by atoms with Gasteiger partial charge < -0.3 is 10.2 Å².